The van der Waals surface area contributed by atoms with Gasteiger partial charge in [0.1, 0.15) is 5.82 Å². The van der Waals surface area contributed by atoms with Crippen molar-refractivity contribution in [1.82, 2.24) is 10.2 Å². The molecule has 2 amide bonds. The van der Waals surface area contributed by atoms with Crippen molar-refractivity contribution in [3.05, 3.63) is 70.0 Å². The fraction of sp³-hybridized carbons (Fsp3) is 0.300. The molecule has 0 aromatic heterocycles. The molecule has 0 saturated carbocycles. The topological polar surface area (TPSA) is 69.6 Å². The molecule has 3 rings (SSSR count). The lowest BCUT2D eigenvalue weighted by Gasteiger charge is -2.25. The van der Waals surface area contributed by atoms with E-state index in [0.717, 1.165) is 0 Å². The first-order valence-electron chi connectivity index (χ1n) is 8.65. The van der Waals surface area contributed by atoms with Crippen molar-refractivity contribution in [1.29, 1.82) is 0 Å². The third kappa shape index (κ3) is 4.22. The van der Waals surface area contributed by atoms with Gasteiger partial charge in [0.2, 0.25) is 0 Å². The highest BCUT2D eigenvalue weighted by Gasteiger charge is 2.32. The number of carbonyl (C=O) groups excluding carboxylic acids is 1. The Morgan fingerprint density at radius 2 is 2.04 bits per heavy atom. The van der Waals surface area contributed by atoms with Crippen LogP contribution in [-0.2, 0) is 4.79 Å². The third-order valence-electron chi connectivity index (χ3n) is 4.82. The van der Waals surface area contributed by atoms with E-state index in [4.69, 9.17) is 16.7 Å². The number of urea groups is 1. The number of halogens is 2. The number of hydrogen-bond donors (Lipinski definition) is 2. The number of carbonyl (C=O) groups is 2. The maximum Gasteiger partial charge on any atom is 0.318 e. The van der Waals surface area contributed by atoms with Crippen molar-refractivity contribution < 1.29 is 19.1 Å². The number of carboxylic acids is 1. The first kappa shape index (κ1) is 19.2. The third-order valence-corrected chi connectivity index (χ3v) is 5.17. The SMILES string of the molecule is Cc1cc(C(NC(=O)N2CCC(C(=O)O)C2)c2ccccc2Cl)ccc1F. The van der Waals surface area contributed by atoms with Crippen LogP contribution < -0.4 is 5.32 Å². The van der Waals surface area contributed by atoms with Crippen molar-refractivity contribution in [3.63, 3.8) is 0 Å². The Morgan fingerprint density at radius 1 is 1.30 bits per heavy atom. The van der Waals surface area contributed by atoms with E-state index in [1.54, 1.807) is 37.3 Å². The van der Waals surface area contributed by atoms with Crippen LogP contribution in [0.4, 0.5) is 9.18 Å². The molecule has 0 bridgehead atoms. The summed E-state index contributed by atoms with van der Waals surface area (Å²) in [6.07, 6.45) is 0.426. The highest BCUT2D eigenvalue weighted by molar-refractivity contribution is 6.31. The summed E-state index contributed by atoms with van der Waals surface area (Å²) in [6.45, 7) is 2.20. The lowest BCUT2D eigenvalue weighted by atomic mass is 9.97. The lowest BCUT2D eigenvalue weighted by molar-refractivity contribution is -0.141. The van der Waals surface area contributed by atoms with Crippen LogP contribution in [-0.4, -0.2) is 35.1 Å². The van der Waals surface area contributed by atoms with Crippen molar-refractivity contribution in [2.45, 2.75) is 19.4 Å². The van der Waals surface area contributed by atoms with Gasteiger partial charge in [0, 0.05) is 18.1 Å². The van der Waals surface area contributed by atoms with Crippen molar-refractivity contribution in [2.75, 3.05) is 13.1 Å². The molecule has 5 nitrogen and oxygen atoms in total. The second-order valence-electron chi connectivity index (χ2n) is 6.68. The van der Waals surface area contributed by atoms with Crippen molar-refractivity contribution >= 4 is 23.6 Å². The quantitative estimate of drug-likeness (QED) is 0.829. The number of aryl methyl sites for hydroxylation is 1. The van der Waals surface area contributed by atoms with Crippen LogP contribution in [0.3, 0.4) is 0 Å². The number of carboxylic acid groups (broad SMARTS) is 1. The minimum atomic E-state index is -0.901. The second kappa shape index (κ2) is 7.96. The van der Waals surface area contributed by atoms with E-state index in [2.05, 4.69) is 5.32 Å². The predicted molar refractivity (Wildman–Crippen MR) is 100 cm³/mol. The lowest BCUT2D eigenvalue weighted by Crippen LogP contribution is -2.41. The predicted octanol–water partition coefficient (Wildman–Crippen LogP) is 3.99. The largest absolute Gasteiger partial charge is 0.481 e. The number of nitrogens with zero attached hydrogens (tertiary/aromatic N) is 1. The maximum atomic E-state index is 13.7. The Kier molecular flexibility index (Phi) is 5.65. The van der Waals surface area contributed by atoms with Gasteiger partial charge in [-0.2, -0.15) is 0 Å². The van der Waals surface area contributed by atoms with E-state index >= 15 is 0 Å². The van der Waals surface area contributed by atoms with Crippen LogP contribution in [0.5, 0.6) is 0 Å². The zero-order valence-electron chi connectivity index (χ0n) is 14.8. The zero-order valence-corrected chi connectivity index (χ0v) is 15.5. The molecule has 2 aromatic rings. The number of nitrogens with one attached hydrogen (secondary N) is 1. The molecule has 1 fully saturated rings. The van der Waals surface area contributed by atoms with E-state index in [0.29, 0.717) is 34.7 Å². The Hall–Kier alpha value is -2.60. The van der Waals surface area contributed by atoms with Crippen LogP contribution in [0.15, 0.2) is 42.5 Å². The summed E-state index contributed by atoms with van der Waals surface area (Å²) >= 11 is 6.33. The molecule has 2 aromatic carbocycles. The monoisotopic (exact) mass is 390 g/mol. The van der Waals surface area contributed by atoms with Gasteiger partial charge in [-0.05, 0) is 42.2 Å². The van der Waals surface area contributed by atoms with Gasteiger partial charge < -0.3 is 15.3 Å². The average Bonchev–Trinajstić information content (AvgIpc) is 3.13. The maximum absolute atomic E-state index is 13.7. The molecule has 2 N–H and O–H groups in total. The van der Waals surface area contributed by atoms with Gasteiger partial charge in [0.05, 0.1) is 12.0 Å². The van der Waals surface area contributed by atoms with Gasteiger partial charge in [-0.25, -0.2) is 9.18 Å². The number of rotatable bonds is 4. The van der Waals surface area contributed by atoms with E-state index in [1.807, 2.05) is 6.07 Å². The van der Waals surface area contributed by atoms with E-state index in [9.17, 15) is 14.0 Å². The van der Waals surface area contributed by atoms with Gasteiger partial charge in [-0.1, -0.05) is 41.9 Å². The molecular formula is C20H20ClFN2O3. The number of likely N-dealkylation sites (tertiary alicyclic amines) is 1. The normalized spacial score (nSPS) is 17.6. The number of aliphatic carboxylic acids is 1. The molecule has 142 valence electrons. The van der Waals surface area contributed by atoms with Crippen LogP contribution in [0.1, 0.15) is 29.2 Å². The Bertz CT molecular complexity index is 874. The van der Waals surface area contributed by atoms with Gasteiger partial charge in [0.15, 0.2) is 0 Å². The Morgan fingerprint density at radius 3 is 2.67 bits per heavy atom. The van der Waals surface area contributed by atoms with Gasteiger partial charge >= 0.3 is 12.0 Å². The van der Waals surface area contributed by atoms with Crippen LogP contribution in [0.25, 0.3) is 0 Å². The molecular weight excluding hydrogens is 371 g/mol. The highest BCUT2D eigenvalue weighted by atomic mass is 35.5. The second-order valence-corrected chi connectivity index (χ2v) is 7.09. The van der Waals surface area contributed by atoms with Crippen molar-refractivity contribution in [2.24, 2.45) is 5.92 Å². The Balaban J connectivity index is 1.89. The summed E-state index contributed by atoms with van der Waals surface area (Å²) in [4.78, 5) is 25.4. The minimum absolute atomic E-state index is 0.166. The minimum Gasteiger partial charge on any atom is -0.481 e. The zero-order chi connectivity index (χ0) is 19.6. The van der Waals surface area contributed by atoms with E-state index in [1.165, 1.54) is 11.0 Å². The van der Waals surface area contributed by atoms with E-state index in [-0.39, 0.29) is 18.4 Å². The summed E-state index contributed by atoms with van der Waals surface area (Å²) < 4.78 is 13.7. The number of benzene rings is 2. The molecule has 0 spiro atoms. The molecule has 0 radical (unpaired) electrons. The number of amides is 2. The summed E-state index contributed by atoms with van der Waals surface area (Å²) in [5.74, 6) is -1.78. The van der Waals surface area contributed by atoms with Crippen LogP contribution in [0, 0.1) is 18.7 Å². The van der Waals surface area contributed by atoms with E-state index < -0.39 is 17.9 Å². The molecule has 1 aliphatic rings. The average molecular weight is 391 g/mol. The van der Waals surface area contributed by atoms with Crippen LogP contribution >= 0.6 is 11.6 Å². The highest BCUT2D eigenvalue weighted by Crippen LogP contribution is 2.30. The molecule has 1 heterocycles. The fourth-order valence-corrected chi connectivity index (χ4v) is 3.50. The molecule has 1 saturated heterocycles. The smallest absolute Gasteiger partial charge is 0.318 e. The standard InChI is InChI=1S/C20H20ClFN2O3/c1-12-10-13(6-7-17(12)22)18(15-4-2-3-5-16(15)21)23-20(27)24-9-8-14(11-24)19(25)26/h2-7,10,14,18H,8-9,11H2,1H3,(H,23,27)(H,25,26). The first-order valence-corrected chi connectivity index (χ1v) is 9.03. The summed E-state index contributed by atoms with van der Waals surface area (Å²) in [7, 11) is 0. The summed E-state index contributed by atoms with van der Waals surface area (Å²) in [6, 6.07) is 10.8. The van der Waals surface area contributed by atoms with Crippen LogP contribution in [0.2, 0.25) is 5.02 Å². The molecule has 27 heavy (non-hydrogen) atoms. The van der Waals surface area contributed by atoms with Crippen molar-refractivity contribution in [3.8, 4) is 0 Å². The fourth-order valence-electron chi connectivity index (χ4n) is 3.26. The number of hydrogen-bond acceptors (Lipinski definition) is 2. The molecule has 0 aliphatic carbocycles. The Labute approximate surface area is 161 Å². The first-order chi connectivity index (χ1) is 12.9. The summed E-state index contributed by atoms with van der Waals surface area (Å²) in [5.41, 5.74) is 1.85. The molecule has 7 heteroatoms. The van der Waals surface area contributed by atoms with Gasteiger partial charge in [-0.3, -0.25) is 4.79 Å². The molecule has 2 atom stereocenters. The van der Waals surface area contributed by atoms with Gasteiger partial charge in [-0.15, -0.1) is 0 Å². The molecule has 1 aliphatic heterocycles. The summed E-state index contributed by atoms with van der Waals surface area (Å²) in [5, 5.41) is 12.5. The molecule has 2 unspecified atom stereocenters. The van der Waals surface area contributed by atoms with Gasteiger partial charge in [0.25, 0.3) is 0 Å².